The summed E-state index contributed by atoms with van der Waals surface area (Å²) in [5.41, 5.74) is -0.195. The number of halogens is 5. The van der Waals surface area contributed by atoms with Crippen LogP contribution in [-0.4, -0.2) is 4.98 Å². The average molecular weight is 460 g/mol. The van der Waals surface area contributed by atoms with Gasteiger partial charge in [0.1, 0.15) is 5.69 Å². The van der Waals surface area contributed by atoms with Crippen molar-refractivity contribution in [1.29, 1.82) is 0 Å². The first-order valence-corrected chi connectivity index (χ1v) is 5.76. The smallest absolute Gasteiger partial charge is 0.253 e. The van der Waals surface area contributed by atoms with Gasteiger partial charge in [-0.2, -0.15) is 0 Å². The summed E-state index contributed by atoms with van der Waals surface area (Å²) >= 11 is 7.12. The summed E-state index contributed by atoms with van der Waals surface area (Å²) in [4.78, 5) is 3.63. The molecule has 0 saturated carbocycles. The maximum absolute atomic E-state index is 12.2. The fraction of sp³-hybridized carbons (Fsp3) is 0.167. The molecule has 0 bridgehead atoms. The van der Waals surface area contributed by atoms with E-state index >= 15 is 0 Å². The van der Waals surface area contributed by atoms with Gasteiger partial charge in [0.05, 0.1) is 4.47 Å². The van der Waals surface area contributed by atoms with Crippen LogP contribution >= 0.6 is 61.1 Å². The minimum absolute atomic E-state index is 0.195. The predicted octanol–water partition coefficient (Wildman–Crippen LogP) is 3.99. The Labute approximate surface area is 104 Å². The van der Waals surface area contributed by atoms with E-state index in [0.29, 0.717) is 4.47 Å². The van der Waals surface area contributed by atoms with E-state index in [1.807, 2.05) is 45.2 Å². The maximum atomic E-state index is 12.2. The molecule has 0 aromatic carbocycles. The van der Waals surface area contributed by atoms with Crippen LogP contribution in [0.5, 0.6) is 0 Å². The lowest BCUT2D eigenvalue weighted by Gasteiger charge is -2.04. The summed E-state index contributed by atoms with van der Waals surface area (Å²) in [6, 6.07) is 0. The first kappa shape index (κ1) is 11.0. The van der Waals surface area contributed by atoms with Gasteiger partial charge in [-0.1, -0.05) is 0 Å². The molecule has 0 spiro atoms. The summed E-state index contributed by atoms with van der Waals surface area (Å²) < 4.78 is 26.5. The van der Waals surface area contributed by atoms with E-state index in [-0.39, 0.29) is 5.69 Å². The molecular weight excluding hydrogens is 458 g/mol. The van der Waals surface area contributed by atoms with E-state index < -0.39 is 6.43 Å². The quantitative estimate of drug-likeness (QED) is 0.579. The van der Waals surface area contributed by atoms with E-state index in [1.54, 1.807) is 0 Å². The Morgan fingerprint density at radius 1 is 1.42 bits per heavy atom. The zero-order valence-electron chi connectivity index (χ0n) is 5.49. The van der Waals surface area contributed by atoms with Crippen LogP contribution in [0.15, 0.2) is 10.7 Å². The second-order valence-electron chi connectivity index (χ2n) is 1.92. The summed E-state index contributed by atoms with van der Waals surface area (Å²) in [5.74, 6) is 0. The normalized spacial score (nSPS) is 10.8. The Morgan fingerprint density at radius 3 is 2.50 bits per heavy atom. The van der Waals surface area contributed by atoms with Gasteiger partial charge in [0, 0.05) is 13.3 Å². The minimum atomic E-state index is -2.52. The number of hydrogen-bond donors (Lipinski definition) is 0. The van der Waals surface area contributed by atoms with Gasteiger partial charge in [-0.15, -0.1) is 0 Å². The van der Waals surface area contributed by atoms with Gasteiger partial charge < -0.3 is 0 Å². The van der Waals surface area contributed by atoms with Crippen molar-refractivity contribution in [2.24, 2.45) is 0 Å². The summed E-state index contributed by atoms with van der Waals surface area (Å²) in [6.45, 7) is 0. The van der Waals surface area contributed by atoms with E-state index in [0.717, 1.165) is 7.14 Å². The van der Waals surface area contributed by atoms with Crippen LogP contribution in [0.2, 0.25) is 0 Å². The highest BCUT2D eigenvalue weighted by molar-refractivity contribution is 14.1. The molecule has 0 unspecified atom stereocenters. The van der Waals surface area contributed by atoms with Crippen LogP contribution in [-0.2, 0) is 0 Å². The standard InChI is InChI=1S/C6H2BrF2I2N/c7-3-4(11)2(10)1-12-5(3)6(8)9/h1,6H. The van der Waals surface area contributed by atoms with Crippen LogP contribution in [0, 0.1) is 7.14 Å². The van der Waals surface area contributed by atoms with Gasteiger partial charge in [-0.25, -0.2) is 8.78 Å². The van der Waals surface area contributed by atoms with E-state index in [1.165, 1.54) is 6.20 Å². The molecule has 0 aliphatic rings. The summed E-state index contributed by atoms with van der Waals surface area (Å²) in [5, 5.41) is 0. The Balaban J connectivity index is 3.27. The van der Waals surface area contributed by atoms with E-state index in [9.17, 15) is 8.78 Å². The monoisotopic (exact) mass is 459 g/mol. The van der Waals surface area contributed by atoms with Crippen molar-refractivity contribution < 1.29 is 8.78 Å². The van der Waals surface area contributed by atoms with Crippen molar-refractivity contribution in [3.63, 3.8) is 0 Å². The Bertz CT molecular complexity index is 306. The molecule has 0 saturated heterocycles. The van der Waals surface area contributed by atoms with Crippen molar-refractivity contribution in [2.45, 2.75) is 6.43 Å². The molecule has 1 aromatic rings. The first-order chi connectivity index (χ1) is 5.54. The summed E-state index contributed by atoms with van der Waals surface area (Å²) in [7, 11) is 0. The Hall–Kier alpha value is 0.950. The molecule has 66 valence electrons. The van der Waals surface area contributed by atoms with Crippen LogP contribution in [0.1, 0.15) is 12.1 Å². The highest BCUT2D eigenvalue weighted by Crippen LogP contribution is 2.31. The number of pyridine rings is 1. The predicted molar refractivity (Wildman–Crippen MR) is 62.3 cm³/mol. The third-order valence-corrected chi connectivity index (χ3v) is 5.67. The Morgan fingerprint density at radius 2 is 2.00 bits per heavy atom. The summed E-state index contributed by atoms with van der Waals surface area (Å²) in [6.07, 6.45) is -1.08. The molecule has 0 atom stereocenters. The van der Waals surface area contributed by atoms with Crippen LogP contribution in [0.25, 0.3) is 0 Å². The molecule has 0 amide bonds. The van der Waals surface area contributed by atoms with Gasteiger partial charge in [-0.05, 0) is 61.1 Å². The van der Waals surface area contributed by atoms with Crippen molar-refractivity contribution in [1.82, 2.24) is 4.98 Å². The zero-order valence-corrected chi connectivity index (χ0v) is 11.4. The second-order valence-corrected chi connectivity index (χ2v) is 4.95. The molecule has 0 N–H and O–H groups in total. The largest absolute Gasteiger partial charge is 0.281 e. The zero-order chi connectivity index (χ0) is 9.30. The van der Waals surface area contributed by atoms with Crippen LogP contribution in [0.3, 0.4) is 0 Å². The van der Waals surface area contributed by atoms with Crippen molar-refractivity contribution >= 4 is 61.1 Å². The SMILES string of the molecule is FC(F)c1ncc(I)c(I)c1Br. The number of rotatable bonds is 1. The fourth-order valence-electron chi connectivity index (χ4n) is 0.609. The van der Waals surface area contributed by atoms with Crippen molar-refractivity contribution in [3.05, 3.63) is 23.5 Å². The lowest BCUT2D eigenvalue weighted by Crippen LogP contribution is -1.95. The topological polar surface area (TPSA) is 12.9 Å². The number of hydrogen-bond acceptors (Lipinski definition) is 1. The van der Waals surface area contributed by atoms with E-state index in [4.69, 9.17) is 0 Å². The highest BCUT2D eigenvalue weighted by atomic mass is 127. The molecule has 12 heavy (non-hydrogen) atoms. The van der Waals surface area contributed by atoms with Crippen LogP contribution < -0.4 is 0 Å². The molecule has 1 nitrogen and oxygen atoms in total. The van der Waals surface area contributed by atoms with Gasteiger partial charge in [0.15, 0.2) is 0 Å². The third-order valence-electron chi connectivity index (χ3n) is 1.15. The van der Waals surface area contributed by atoms with Crippen LogP contribution in [0.4, 0.5) is 8.78 Å². The first-order valence-electron chi connectivity index (χ1n) is 2.81. The lowest BCUT2D eigenvalue weighted by molar-refractivity contribution is 0.145. The molecule has 0 radical (unpaired) electrons. The number of nitrogens with zero attached hydrogens (tertiary/aromatic N) is 1. The maximum Gasteiger partial charge on any atom is 0.281 e. The molecule has 0 aliphatic heterocycles. The second kappa shape index (κ2) is 4.45. The molecule has 1 aromatic heterocycles. The lowest BCUT2D eigenvalue weighted by atomic mass is 10.4. The van der Waals surface area contributed by atoms with Crippen molar-refractivity contribution in [3.8, 4) is 0 Å². The third kappa shape index (κ3) is 2.25. The van der Waals surface area contributed by atoms with Gasteiger partial charge in [0.2, 0.25) is 0 Å². The number of aromatic nitrogens is 1. The fourth-order valence-corrected chi connectivity index (χ4v) is 2.29. The van der Waals surface area contributed by atoms with Gasteiger partial charge in [-0.3, -0.25) is 4.98 Å². The Kier molecular flexibility index (Phi) is 4.09. The molecule has 1 heterocycles. The minimum Gasteiger partial charge on any atom is -0.253 e. The molecular formula is C6H2BrF2I2N. The highest BCUT2D eigenvalue weighted by Gasteiger charge is 2.16. The van der Waals surface area contributed by atoms with Gasteiger partial charge in [0.25, 0.3) is 6.43 Å². The van der Waals surface area contributed by atoms with Crippen molar-refractivity contribution in [2.75, 3.05) is 0 Å². The van der Waals surface area contributed by atoms with E-state index in [2.05, 4.69) is 20.9 Å². The molecule has 0 aliphatic carbocycles. The number of alkyl halides is 2. The molecule has 0 fully saturated rings. The molecule has 6 heteroatoms. The van der Waals surface area contributed by atoms with Gasteiger partial charge >= 0.3 is 0 Å². The average Bonchev–Trinajstić information content (AvgIpc) is 2.00. The molecule has 1 rings (SSSR count).